The third-order valence-corrected chi connectivity index (χ3v) is 3.00. The molecule has 3 nitrogen and oxygen atoms in total. The molecule has 1 aromatic carbocycles. The van der Waals surface area contributed by atoms with E-state index in [1.807, 2.05) is 0 Å². The number of hydrazine groups is 1. The van der Waals surface area contributed by atoms with Gasteiger partial charge in [-0.3, -0.25) is 0 Å². The van der Waals surface area contributed by atoms with Crippen LogP contribution in [0.1, 0.15) is 23.6 Å². The van der Waals surface area contributed by atoms with Crippen molar-refractivity contribution >= 4 is 16.7 Å². The Balaban J connectivity index is 2.82. The molecule has 2 aromatic rings. The lowest BCUT2D eigenvalue weighted by Crippen LogP contribution is -2.11. The monoisotopic (exact) mass is 215 g/mol. The summed E-state index contributed by atoms with van der Waals surface area (Å²) < 4.78 is 0. The van der Waals surface area contributed by atoms with Gasteiger partial charge in [-0.1, -0.05) is 19.1 Å². The maximum Gasteiger partial charge on any atom is 0.143 e. The first-order valence-corrected chi connectivity index (χ1v) is 5.53. The molecule has 3 heteroatoms. The highest BCUT2D eigenvalue weighted by molar-refractivity contribution is 5.87. The molecule has 16 heavy (non-hydrogen) atoms. The molecule has 84 valence electrons. The molecule has 3 N–H and O–H groups in total. The van der Waals surface area contributed by atoms with Crippen molar-refractivity contribution < 1.29 is 0 Å². The number of anilines is 1. The van der Waals surface area contributed by atoms with Gasteiger partial charge in [0.25, 0.3) is 0 Å². The fourth-order valence-electron chi connectivity index (χ4n) is 1.97. The van der Waals surface area contributed by atoms with E-state index in [4.69, 9.17) is 5.84 Å². The summed E-state index contributed by atoms with van der Waals surface area (Å²) in [6, 6.07) is 6.41. The van der Waals surface area contributed by atoms with E-state index < -0.39 is 0 Å². The minimum Gasteiger partial charge on any atom is -0.308 e. The predicted octanol–water partition coefficient (Wildman–Crippen LogP) is 2.70. The maximum absolute atomic E-state index is 5.49. The zero-order chi connectivity index (χ0) is 11.7. The second-order valence-electron chi connectivity index (χ2n) is 4.09. The van der Waals surface area contributed by atoms with E-state index in [1.165, 1.54) is 16.5 Å². The first kappa shape index (κ1) is 10.9. The number of nitrogens with two attached hydrogens (primary N) is 1. The van der Waals surface area contributed by atoms with Gasteiger partial charge in [0.1, 0.15) is 5.82 Å². The van der Waals surface area contributed by atoms with Crippen LogP contribution in [0.2, 0.25) is 0 Å². The summed E-state index contributed by atoms with van der Waals surface area (Å²) in [6.07, 6.45) is 0.926. The SMILES string of the molecule is CCc1cc2c(C)ccc(C)c2nc1NN. The quantitative estimate of drug-likeness (QED) is 0.598. The van der Waals surface area contributed by atoms with Gasteiger partial charge in [-0.15, -0.1) is 0 Å². The predicted molar refractivity (Wildman–Crippen MR) is 68.4 cm³/mol. The van der Waals surface area contributed by atoms with Crippen LogP contribution in [-0.4, -0.2) is 4.98 Å². The fraction of sp³-hybridized carbons (Fsp3) is 0.308. The Bertz CT molecular complexity index is 484. The molecule has 1 aromatic heterocycles. The summed E-state index contributed by atoms with van der Waals surface area (Å²) in [7, 11) is 0. The number of aromatic nitrogens is 1. The smallest absolute Gasteiger partial charge is 0.143 e. The highest BCUT2D eigenvalue weighted by Gasteiger charge is 2.07. The highest BCUT2D eigenvalue weighted by atomic mass is 15.2. The number of pyridine rings is 1. The van der Waals surface area contributed by atoms with E-state index in [9.17, 15) is 0 Å². The Morgan fingerprint density at radius 1 is 1.25 bits per heavy atom. The van der Waals surface area contributed by atoms with E-state index in [1.54, 1.807) is 0 Å². The molecule has 1 heterocycles. The zero-order valence-electron chi connectivity index (χ0n) is 9.96. The summed E-state index contributed by atoms with van der Waals surface area (Å²) in [6.45, 7) is 6.29. The van der Waals surface area contributed by atoms with Gasteiger partial charge in [0.15, 0.2) is 0 Å². The van der Waals surface area contributed by atoms with E-state index in [0.29, 0.717) is 0 Å². The highest BCUT2D eigenvalue weighted by Crippen LogP contribution is 2.25. The largest absolute Gasteiger partial charge is 0.308 e. The lowest BCUT2D eigenvalue weighted by molar-refractivity contribution is 1.10. The summed E-state index contributed by atoms with van der Waals surface area (Å²) in [5, 5.41) is 1.22. The summed E-state index contributed by atoms with van der Waals surface area (Å²) in [5.41, 5.74) is 7.30. The van der Waals surface area contributed by atoms with Gasteiger partial charge >= 0.3 is 0 Å². The van der Waals surface area contributed by atoms with Gasteiger partial charge < -0.3 is 5.43 Å². The summed E-state index contributed by atoms with van der Waals surface area (Å²) in [5.74, 6) is 6.27. The summed E-state index contributed by atoms with van der Waals surface area (Å²) in [4.78, 5) is 4.59. The number of benzene rings is 1. The number of hydrogen-bond acceptors (Lipinski definition) is 3. The van der Waals surface area contributed by atoms with Crippen LogP contribution in [-0.2, 0) is 6.42 Å². The topological polar surface area (TPSA) is 50.9 Å². The van der Waals surface area contributed by atoms with Crippen LogP contribution in [0.15, 0.2) is 18.2 Å². The molecule has 0 bridgehead atoms. The molecule has 0 aliphatic heterocycles. The lowest BCUT2D eigenvalue weighted by atomic mass is 10.0. The molecular formula is C13H17N3. The van der Waals surface area contributed by atoms with Crippen LogP contribution in [0.3, 0.4) is 0 Å². The molecule has 2 rings (SSSR count). The number of rotatable bonds is 2. The van der Waals surface area contributed by atoms with Crippen LogP contribution in [0.25, 0.3) is 10.9 Å². The third-order valence-electron chi connectivity index (χ3n) is 3.00. The van der Waals surface area contributed by atoms with Gasteiger partial charge in [-0.25, -0.2) is 10.8 Å². The van der Waals surface area contributed by atoms with Gasteiger partial charge in [0.05, 0.1) is 5.52 Å². The lowest BCUT2D eigenvalue weighted by Gasteiger charge is -2.11. The minimum atomic E-state index is 0.781. The number of nitrogens with zero attached hydrogens (tertiary/aromatic N) is 1. The van der Waals surface area contributed by atoms with Crippen LogP contribution < -0.4 is 11.3 Å². The standard InChI is InChI=1S/C13H17N3/c1-4-10-7-11-8(2)5-6-9(3)12(11)15-13(10)16-14/h5-7H,4,14H2,1-3H3,(H,15,16). The van der Waals surface area contributed by atoms with Crippen molar-refractivity contribution in [3.63, 3.8) is 0 Å². The van der Waals surface area contributed by atoms with E-state index >= 15 is 0 Å². The zero-order valence-corrected chi connectivity index (χ0v) is 9.96. The molecule has 0 saturated heterocycles. The first-order valence-electron chi connectivity index (χ1n) is 5.53. The van der Waals surface area contributed by atoms with Crippen molar-refractivity contribution in [2.75, 3.05) is 5.43 Å². The Kier molecular flexibility index (Phi) is 2.79. The van der Waals surface area contributed by atoms with Crippen molar-refractivity contribution in [2.45, 2.75) is 27.2 Å². The van der Waals surface area contributed by atoms with Crippen LogP contribution in [0.4, 0.5) is 5.82 Å². The molecule has 0 radical (unpaired) electrons. The van der Waals surface area contributed by atoms with Crippen molar-refractivity contribution in [1.29, 1.82) is 0 Å². The van der Waals surface area contributed by atoms with Crippen molar-refractivity contribution in [2.24, 2.45) is 5.84 Å². The van der Waals surface area contributed by atoms with Crippen LogP contribution in [0, 0.1) is 13.8 Å². The second-order valence-corrected chi connectivity index (χ2v) is 4.09. The van der Waals surface area contributed by atoms with Gasteiger partial charge in [-0.05, 0) is 43.0 Å². The number of hydrogen-bond donors (Lipinski definition) is 2. The number of aryl methyl sites for hydroxylation is 3. The molecule has 0 unspecified atom stereocenters. The first-order chi connectivity index (χ1) is 7.67. The molecule has 0 aliphatic rings. The Morgan fingerprint density at radius 3 is 2.56 bits per heavy atom. The van der Waals surface area contributed by atoms with Crippen molar-refractivity contribution in [3.05, 3.63) is 34.9 Å². The Labute approximate surface area is 95.7 Å². The fourth-order valence-corrected chi connectivity index (χ4v) is 1.97. The van der Waals surface area contributed by atoms with E-state index in [2.05, 4.69) is 49.4 Å². The average molecular weight is 215 g/mol. The molecule has 0 atom stereocenters. The molecule has 0 aliphatic carbocycles. The van der Waals surface area contributed by atoms with Crippen LogP contribution in [0.5, 0.6) is 0 Å². The molecule has 0 fully saturated rings. The normalized spacial score (nSPS) is 10.8. The third kappa shape index (κ3) is 1.63. The van der Waals surface area contributed by atoms with Gasteiger partial charge in [-0.2, -0.15) is 0 Å². The number of nitrogen functional groups attached to an aromatic ring is 1. The number of fused-ring (bicyclic) bond motifs is 1. The van der Waals surface area contributed by atoms with Gasteiger partial charge in [0, 0.05) is 5.39 Å². The van der Waals surface area contributed by atoms with Crippen LogP contribution >= 0.6 is 0 Å². The Morgan fingerprint density at radius 2 is 1.94 bits per heavy atom. The average Bonchev–Trinajstić information content (AvgIpc) is 2.32. The van der Waals surface area contributed by atoms with Crippen molar-refractivity contribution in [1.82, 2.24) is 4.98 Å². The molecule has 0 amide bonds. The van der Waals surface area contributed by atoms with E-state index in [0.717, 1.165) is 23.3 Å². The minimum absolute atomic E-state index is 0.781. The van der Waals surface area contributed by atoms with Crippen molar-refractivity contribution in [3.8, 4) is 0 Å². The second kappa shape index (κ2) is 4.10. The molecule has 0 saturated carbocycles. The maximum atomic E-state index is 5.49. The van der Waals surface area contributed by atoms with E-state index in [-0.39, 0.29) is 0 Å². The molecule has 0 spiro atoms. The number of nitrogens with one attached hydrogen (secondary N) is 1. The Hall–Kier alpha value is -1.61. The molecular weight excluding hydrogens is 198 g/mol. The van der Waals surface area contributed by atoms with Gasteiger partial charge in [0.2, 0.25) is 0 Å². The summed E-state index contributed by atoms with van der Waals surface area (Å²) >= 11 is 0.